The smallest absolute Gasteiger partial charge is 0.0693 e. The second-order valence-electron chi connectivity index (χ2n) is 10.1. The van der Waals surface area contributed by atoms with E-state index in [1.54, 1.807) is 0 Å². The number of nitrogens with one attached hydrogen (secondary N) is 2. The standard InChI is InChI=1S/C32H42N4/c1-10-23-18(5)17-33-29(23)15-31-25(12-3)20(7)27(35-31)14-28-21(8)26(13-4)32(36-28)16-30-24(11-2)19(6)22(9)34-30/h14-16,34,36H,10-13,17H2,1-9H3/b28-14-,31-15-,32-16-. The SMILES string of the molecule is CCC1=C(C)CN=C1/C=C1N=C(/C=c2\[nH]/c(=C\c3[nH]c(C)c(C)c3CC)c(CC)c2C)C(C)=C\1CC. The van der Waals surface area contributed by atoms with Gasteiger partial charge in [-0.2, -0.15) is 0 Å². The maximum Gasteiger partial charge on any atom is 0.0693 e. The molecule has 0 aromatic carbocycles. The predicted molar refractivity (Wildman–Crippen MR) is 156 cm³/mol. The largest absolute Gasteiger partial charge is 0.359 e. The molecule has 0 radical (unpaired) electrons. The van der Waals surface area contributed by atoms with Crippen LogP contribution in [-0.4, -0.2) is 27.9 Å². The lowest BCUT2D eigenvalue weighted by atomic mass is 10.00. The normalized spacial score (nSPS) is 18.4. The molecule has 0 spiro atoms. The van der Waals surface area contributed by atoms with Crippen LogP contribution in [0, 0.1) is 20.8 Å². The van der Waals surface area contributed by atoms with E-state index in [-0.39, 0.29) is 0 Å². The Hall–Kier alpha value is -3.14. The Kier molecular flexibility index (Phi) is 7.54. The Morgan fingerprint density at radius 3 is 2.03 bits per heavy atom. The van der Waals surface area contributed by atoms with E-state index in [0.29, 0.717) is 0 Å². The van der Waals surface area contributed by atoms with Crippen LogP contribution in [0.5, 0.6) is 0 Å². The highest BCUT2D eigenvalue weighted by Crippen LogP contribution is 2.30. The zero-order valence-corrected chi connectivity index (χ0v) is 23.7. The van der Waals surface area contributed by atoms with Gasteiger partial charge < -0.3 is 9.97 Å². The Balaban J connectivity index is 1.82. The van der Waals surface area contributed by atoms with Crippen LogP contribution in [0.25, 0.3) is 12.2 Å². The number of aromatic amines is 2. The van der Waals surface area contributed by atoms with Gasteiger partial charge in [0.2, 0.25) is 0 Å². The van der Waals surface area contributed by atoms with Crippen LogP contribution >= 0.6 is 0 Å². The molecular weight excluding hydrogens is 440 g/mol. The van der Waals surface area contributed by atoms with Crippen LogP contribution in [0.2, 0.25) is 0 Å². The summed E-state index contributed by atoms with van der Waals surface area (Å²) in [4.78, 5) is 17.2. The first kappa shape index (κ1) is 25.9. The maximum atomic E-state index is 5.11. The first-order valence-corrected chi connectivity index (χ1v) is 13.6. The minimum atomic E-state index is 0.815. The molecule has 2 aliphatic heterocycles. The number of allylic oxidation sites excluding steroid dienone is 4. The van der Waals surface area contributed by atoms with E-state index in [0.717, 1.165) is 54.7 Å². The molecule has 4 rings (SSSR count). The molecule has 0 aliphatic carbocycles. The Labute approximate surface area is 216 Å². The van der Waals surface area contributed by atoms with Gasteiger partial charge >= 0.3 is 0 Å². The summed E-state index contributed by atoms with van der Waals surface area (Å²) < 4.78 is 0. The summed E-state index contributed by atoms with van der Waals surface area (Å²) in [5.41, 5.74) is 16.5. The van der Waals surface area contributed by atoms with Crippen molar-refractivity contribution < 1.29 is 0 Å². The fourth-order valence-electron chi connectivity index (χ4n) is 5.75. The van der Waals surface area contributed by atoms with Crippen LogP contribution in [0.4, 0.5) is 0 Å². The van der Waals surface area contributed by atoms with Gasteiger partial charge in [-0.05, 0) is 123 Å². The molecule has 4 nitrogen and oxygen atoms in total. The van der Waals surface area contributed by atoms with Crippen molar-refractivity contribution in [3.63, 3.8) is 0 Å². The summed E-state index contributed by atoms with van der Waals surface area (Å²) in [6.07, 6.45) is 10.7. The fraction of sp³-hybridized carbons (Fsp3) is 0.438. The Bertz CT molecular complexity index is 1480. The highest BCUT2D eigenvalue weighted by Gasteiger charge is 2.21. The third-order valence-electron chi connectivity index (χ3n) is 8.07. The molecule has 0 saturated heterocycles. The third kappa shape index (κ3) is 4.54. The molecule has 0 fully saturated rings. The number of hydrogen-bond acceptors (Lipinski definition) is 2. The second kappa shape index (κ2) is 10.5. The second-order valence-corrected chi connectivity index (χ2v) is 10.1. The van der Waals surface area contributed by atoms with E-state index < -0.39 is 0 Å². The number of nitrogens with zero attached hydrogens (tertiary/aromatic N) is 2. The lowest BCUT2D eigenvalue weighted by Crippen LogP contribution is -2.14. The van der Waals surface area contributed by atoms with Crippen LogP contribution in [0.15, 0.2) is 44.1 Å². The highest BCUT2D eigenvalue weighted by atomic mass is 14.8. The molecule has 0 bridgehead atoms. The Morgan fingerprint density at radius 1 is 0.694 bits per heavy atom. The number of aryl methyl sites for hydroxylation is 1. The van der Waals surface area contributed by atoms with E-state index in [1.807, 2.05) is 0 Å². The molecule has 0 saturated carbocycles. The van der Waals surface area contributed by atoms with Gasteiger partial charge in [0.15, 0.2) is 0 Å². The fourth-order valence-corrected chi connectivity index (χ4v) is 5.75. The van der Waals surface area contributed by atoms with Crippen molar-refractivity contribution in [2.45, 2.75) is 88.0 Å². The molecule has 0 atom stereocenters. The number of rotatable bonds is 7. The molecule has 36 heavy (non-hydrogen) atoms. The number of aromatic nitrogens is 2. The van der Waals surface area contributed by atoms with Gasteiger partial charge in [-0.15, -0.1) is 0 Å². The van der Waals surface area contributed by atoms with Crippen molar-refractivity contribution in [2.24, 2.45) is 9.98 Å². The molecule has 2 N–H and O–H groups in total. The molecule has 4 heteroatoms. The molecule has 0 unspecified atom stereocenters. The Morgan fingerprint density at radius 2 is 1.39 bits per heavy atom. The highest BCUT2D eigenvalue weighted by molar-refractivity contribution is 6.23. The summed E-state index contributed by atoms with van der Waals surface area (Å²) >= 11 is 0. The maximum absolute atomic E-state index is 5.11. The van der Waals surface area contributed by atoms with Gasteiger partial charge in [0, 0.05) is 22.1 Å². The lowest BCUT2D eigenvalue weighted by Gasteiger charge is -2.04. The summed E-state index contributed by atoms with van der Waals surface area (Å²) in [5, 5.41) is 2.34. The van der Waals surface area contributed by atoms with Gasteiger partial charge in [-0.3, -0.25) is 4.99 Å². The van der Waals surface area contributed by atoms with Crippen molar-refractivity contribution in [3.05, 3.63) is 78.4 Å². The molecule has 2 aromatic rings. The van der Waals surface area contributed by atoms with Crippen LogP contribution in [0.1, 0.15) is 88.0 Å². The lowest BCUT2D eigenvalue weighted by molar-refractivity contribution is 1.09. The van der Waals surface area contributed by atoms with Gasteiger partial charge in [-0.25, -0.2) is 4.99 Å². The van der Waals surface area contributed by atoms with Gasteiger partial charge in [0.25, 0.3) is 0 Å². The summed E-state index contributed by atoms with van der Waals surface area (Å²) in [7, 11) is 0. The average molecular weight is 483 g/mol. The average Bonchev–Trinajstić information content (AvgIpc) is 3.53. The van der Waals surface area contributed by atoms with E-state index in [1.165, 1.54) is 61.3 Å². The van der Waals surface area contributed by atoms with Gasteiger partial charge in [0.1, 0.15) is 0 Å². The first-order valence-electron chi connectivity index (χ1n) is 13.6. The number of H-pyrrole nitrogens is 2. The molecule has 4 heterocycles. The summed E-state index contributed by atoms with van der Waals surface area (Å²) in [6, 6.07) is 0. The zero-order valence-electron chi connectivity index (χ0n) is 23.7. The van der Waals surface area contributed by atoms with Gasteiger partial charge in [-0.1, -0.05) is 27.7 Å². The molecule has 190 valence electrons. The zero-order chi connectivity index (χ0) is 26.1. The number of aliphatic imine (C=N–C) groups is 2. The minimum Gasteiger partial charge on any atom is -0.359 e. The van der Waals surface area contributed by atoms with Crippen molar-refractivity contribution >= 4 is 23.6 Å². The molecule has 2 aromatic heterocycles. The summed E-state index contributed by atoms with van der Waals surface area (Å²) in [6.45, 7) is 20.7. The van der Waals surface area contributed by atoms with Crippen LogP contribution in [-0.2, 0) is 12.8 Å². The topological polar surface area (TPSA) is 56.3 Å². The first-order chi connectivity index (χ1) is 17.2. The van der Waals surface area contributed by atoms with Crippen LogP contribution in [0.3, 0.4) is 0 Å². The number of hydrogen-bond donors (Lipinski definition) is 2. The predicted octanol–water partition coefficient (Wildman–Crippen LogP) is 6.25. The quantitative estimate of drug-likeness (QED) is 0.469. The van der Waals surface area contributed by atoms with Crippen molar-refractivity contribution in [1.29, 1.82) is 0 Å². The molecule has 2 aliphatic rings. The monoisotopic (exact) mass is 482 g/mol. The third-order valence-corrected chi connectivity index (χ3v) is 8.07. The van der Waals surface area contributed by atoms with Gasteiger partial charge in [0.05, 0.1) is 23.7 Å². The van der Waals surface area contributed by atoms with E-state index >= 15 is 0 Å². The van der Waals surface area contributed by atoms with Crippen LogP contribution < -0.4 is 10.7 Å². The van der Waals surface area contributed by atoms with E-state index in [2.05, 4.69) is 90.5 Å². The van der Waals surface area contributed by atoms with Crippen molar-refractivity contribution in [2.75, 3.05) is 6.54 Å². The van der Waals surface area contributed by atoms with Crippen molar-refractivity contribution in [3.8, 4) is 0 Å². The van der Waals surface area contributed by atoms with E-state index in [4.69, 9.17) is 9.98 Å². The van der Waals surface area contributed by atoms with Crippen molar-refractivity contribution in [1.82, 2.24) is 9.97 Å². The minimum absolute atomic E-state index is 0.815. The molecule has 0 amide bonds. The summed E-state index contributed by atoms with van der Waals surface area (Å²) in [5.74, 6) is 0. The van der Waals surface area contributed by atoms with E-state index in [9.17, 15) is 0 Å². The molecular formula is C32H42N4.